The average molecular weight is 265 g/mol. The lowest BCUT2D eigenvalue weighted by Crippen LogP contribution is -2.09. The molecule has 3 rings (SSSR count). The predicted octanol–water partition coefficient (Wildman–Crippen LogP) is 1.86. The largest absolute Gasteiger partial charge is 0.481 e. The second kappa shape index (κ2) is 4.41. The molecule has 2 heterocycles. The Bertz CT molecular complexity index is 564. The molecule has 0 aliphatic heterocycles. The molecule has 7 heteroatoms. The Morgan fingerprint density at radius 3 is 3.28 bits per heavy atom. The van der Waals surface area contributed by atoms with Crippen molar-refractivity contribution in [3.8, 4) is 0 Å². The minimum Gasteiger partial charge on any atom is -0.481 e. The Balaban J connectivity index is 1.72. The molecule has 1 aliphatic rings. The van der Waals surface area contributed by atoms with Crippen molar-refractivity contribution >= 4 is 22.4 Å². The smallest absolute Gasteiger partial charge is 0.312 e. The third-order valence-electron chi connectivity index (χ3n) is 2.92. The zero-order chi connectivity index (χ0) is 12.5. The van der Waals surface area contributed by atoms with Crippen LogP contribution < -0.4 is 5.32 Å². The van der Waals surface area contributed by atoms with Gasteiger partial charge >= 0.3 is 5.97 Å². The molecule has 1 aliphatic carbocycles. The number of carboxylic acid groups (broad SMARTS) is 1. The van der Waals surface area contributed by atoms with Crippen LogP contribution in [0.15, 0.2) is 16.8 Å². The monoisotopic (exact) mass is 265 g/mol. The minimum atomic E-state index is -0.791. The number of fused-ring (bicyclic) bond motifs is 1. The van der Waals surface area contributed by atoms with Gasteiger partial charge in [0.25, 0.3) is 0 Å². The van der Waals surface area contributed by atoms with Crippen LogP contribution in [0.5, 0.6) is 0 Å². The van der Waals surface area contributed by atoms with Gasteiger partial charge in [0, 0.05) is 10.9 Å². The van der Waals surface area contributed by atoms with E-state index in [1.54, 1.807) is 12.3 Å². The van der Waals surface area contributed by atoms with E-state index in [1.807, 2.05) is 0 Å². The lowest BCUT2D eigenvalue weighted by atomic mass is 10.1. The first-order chi connectivity index (χ1) is 8.74. The first-order valence-electron chi connectivity index (χ1n) is 5.60. The standard InChI is InChI=1S/C11H11N3O3S/c15-10(16)7-1-2-8-9(7)14-11(18-8)12-5-6-3-4-13-17-6/h3-4,7H,1-2,5H2,(H,12,14)(H,15,16). The molecule has 18 heavy (non-hydrogen) atoms. The Morgan fingerprint density at radius 1 is 1.67 bits per heavy atom. The summed E-state index contributed by atoms with van der Waals surface area (Å²) in [7, 11) is 0. The van der Waals surface area contributed by atoms with Crippen LogP contribution in [0.25, 0.3) is 0 Å². The number of nitrogens with zero attached hydrogens (tertiary/aromatic N) is 2. The maximum Gasteiger partial charge on any atom is 0.312 e. The highest BCUT2D eigenvalue weighted by Gasteiger charge is 2.32. The molecule has 0 fully saturated rings. The van der Waals surface area contributed by atoms with Crippen molar-refractivity contribution in [3.05, 3.63) is 28.6 Å². The molecule has 2 aromatic heterocycles. The van der Waals surface area contributed by atoms with Crippen LogP contribution in [0.3, 0.4) is 0 Å². The highest BCUT2D eigenvalue weighted by atomic mass is 32.1. The van der Waals surface area contributed by atoms with Gasteiger partial charge in [-0.25, -0.2) is 4.98 Å². The SMILES string of the molecule is O=C(O)C1CCc2sc(NCc3ccno3)nc21. The second-order valence-electron chi connectivity index (χ2n) is 4.09. The van der Waals surface area contributed by atoms with Gasteiger partial charge in [0.2, 0.25) is 0 Å². The minimum absolute atomic E-state index is 0.447. The number of carboxylic acids is 1. The Morgan fingerprint density at radius 2 is 2.56 bits per heavy atom. The highest BCUT2D eigenvalue weighted by molar-refractivity contribution is 7.15. The van der Waals surface area contributed by atoms with E-state index >= 15 is 0 Å². The molecule has 0 saturated carbocycles. The number of anilines is 1. The summed E-state index contributed by atoms with van der Waals surface area (Å²) in [6, 6.07) is 1.77. The lowest BCUT2D eigenvalue weighted by molar-refractivity contribution is -0.138. The summed E-state index contributed by atoms with van der Waals surface area (Å²) in [6.07, 6.45) is 3.04. The van der Waals surface area contributed by atoms with E-state index in [-0.39, 0.29) is 0 Å². The number of thiazole rings is 1. The van der Waals surface area contributed by atoms with Gasteiger partial charge in [-0.2, -0.15) is 0 Å². The fraction of sp³-hybridized carbons (Fsp3) is 0.364. The molecule has 0 aromatic carbocycles. The average Bonchev–Trinajstić information content (AvgIpc) is 3.02. The molecule has 2 aromatic rings. The zero-order valence-electron chi connectivity index (χ0n) is 9.42. The fourth-order valence-electron chi connectivity index (χ4n) is 2.04. The van der Waals surface area contributed by atoms with E-state index in [4.69, 9.17) is 9.63 Å². The van der Waals surface area contributed by atoms with Gasteiger partial charge in [-0.05, 0) is 12.8 Å². The van der Waals surface area contributed by atoms with Crippen LogP contribution in [0, 0.1) is 0 Å². The maximum atomic E-state index is 11.0. The number of rotatable bonds is 4. The van der Waals surface area contributed by atoms with Crippen molar-refractivity contribution in [2.24, 2.45) is 0 Å². The van der Waals surface area contributed by atoms with Gasteiger partial charge in [-0.15, -0.1) is 11.3 Å². The summed E-state index contributed by atoms with van der Waals surface area (Å²) in [5, 5.41) is 16.5. The zero-order valence-corrected chi connectivity index (χ0v) is 10.2. The number of nitrogens with one attached hydrogen (secondary N) is 1. The van der Waals surface area contributed by atoms with E-state index < -0.39 is 11.9 Å². The van der Waals surface area contributed by atoms with Crippen LogP contribution in [-0.4, -0.2) is 21.2 Å². The molecular weight excluding hydrogens is 254 g/mol. The molecule has 1 unspecified atom stereocenters. The van der Waals surface area contributed by atoms with Gasteiger partial charge < -0.3 is 14.9 Å². The number of hydrogen-bond acceptors (Lipinski definition) is 6. The quantitative estimate of drug-likeness (QED) is 0.877. The van der Waals surface area contributed by atoms with Crippen molar-refractivity contribution in [2.45, 2.75) is 25.3 Å². The van der Waals surface area contributed by atoms with E-state index in [0.29, 0.717) is 18.7 Å². The van der Waals surface area contributed by atoms with E-state index in [1.165, 1.54) is 11.3 Å². The Hall–Kier alpha value is -1.89. The van der Waals surface area contributed by atoms with Crippen LogP contribution in [0.1, 0.15) is 28.7 Å². The van der Waals surface area contributed by atoms with Crippen molar-refractivity contribution in [2.75, 3.05) is 5.32 Å². The molecule has 1 atom stereocenters. The topological polar surface area (TPSA) is 88.2 Å². The highest BCUT2D eigenvalue weighted by Crippen LogP contribution is 2.38. The van der Waals surface area contributed by atoms with Gasteiger partial charge in [-0.1, -0.05) is 5.16 Å². The van der Waals surface area contributed by atoms with Gasteiger partial charge in [0.15, 0.2) is 10.9 Å². The molecule has 6 nitrogen and oxygen atoms in total. The van der Waals surface area contributed by atoms with Crippen LogP contribution >= 0.6 is 11.3 Å². The number of aliphatic carboxylic acids is 1. The molecule has 0 saturated heterocycles. The number of aryl methyl sites for hydroxylation is 1. The summed E-state index contributed by atoms with van der Waals surface area (Å²) in [5.74, 6) is -0.516. The first-order valence-corrected chi connectivity index (χ1v) is 6.41. The summed E-state index contributed by atoms with van der Waals surface area (Å²) >= 11 is 1.52. The van der Waals surface area contributed by atoms with E-state index in [0.717, 1.165) is 22.2 Å². The predicted molar refractivity (Wildman–Crippen MR) is 64.6 cm³/mol. The van der Waals surface area contributed by atoms with Crippen LogP contribution in [-0.2, 0) is 17.8 Å². The van der Waals surface area contributed by atoms with Gasteiger partial charge in [0.05, 0.1) is 18.4 Å². The van der Waals surface area contributed by atoms with Gasteiger partial charge in [-0.3, -0.25) is 4.79 Å². The number of carbonyl (C=O) groups is 1. The molecule has 94 valence electrons. The molecule has 0 bridgehead atoms. The van der Waals surface area contributed by atoms with Crippen molar-refractivity contribution in [1.29, 1.82) is 0 Å². The molecule has 0 amide bonds. The normalized spacial score (nSPS) is 17.7. The number of hydrogen-bond donors (Lipinski definition) is 2. The fourth-order valence-corrected chi connectivity index (χ4v) is 3.07. The van der Waals surface area contributed by atoms with Crippen molar-refractivity contribution in [1.82, 2.24) is 10.1 Å². The molecular formula is C11H11N3O3S. The summed E-state index contributed by atoms with van der Waals surface area (Å²) in [4.78, 5) is 16.5. The Kier molecular flexibility index (Phi) is 2.75. The summed E-state index contributed by atoms with van der Waals surface area (Å²) in [6.45, 7) is 0.504. The first kappa shape index (κ1) is 11.2. The third-order valence-corrected chi connectivity index (χ3v) is 4.01. The van der Waals surface area contributed by atoms with Crippen molar-refractivity contribution in [3.63, 3.8) is 0 Å². The van der Waals surface area contributed by atoms with Crippen LogP contribution in [0.2, 0.25) is 0 Å². The maximum absolute atomic E-state index is 11.0. The summed E-state index contributed by atoms with van der Waals surface area (Å²) < 4.78 is 4.96. The molecule has 2 N–H and O–H groups in total. The molecule has 0 spiro atoms. The second-order valence-corrected chi connectivity index (χ2v) is 5.17. The molecule has 0 radical (unpaired) electrons. The van der Waals surface area contributed by atoms with Crippen molar-refractivity contribution < 1.29 is 14.4 Å². The lowest BCUT2D eigenvalue weighted by Gasteiger charge is -2.02. The summed E-state index contributed by atoms with van der Waals surface area (Å²) in [5.41, 5.74) is 0.715. The van der Waals surface area contributed by atoms with Crippen LogP contribution in [0.4, 0.5) is 5.13 Å². The van der Waals surface area contributed by atoms with E-state index in [2.05, 4.69) is 15.5 Å². The third kappa shape index (κ3) is 1.97. The van der Waals surface area contributed by atoms with E-state index in [9.17, 15) is 4.79 Å². The number of aromatic nitrogens is 2. The van der Waals surface area contributed by atoms with Gasteiger partial charge in [0.1, 0.15) is 5.92 Å². The Labute approximate surface area is 107 Å².